The topological polar surface area (TPSA) is 123 Å². The highest BCUT2D eigenvalue weighted by molar-refractivity contribution is 7.92. The number of amides is 2. The van der Waals surface area contributed by atoms with Crippen LogP contribution in [0.15, 0.2) is 95.9 Å². The summed E-state index contributed by atoms with van der Waals surface area (Å²) >= 11 is 0. The molecule has 0 bridgehead atoms. The van der Waals surface area contributed by atoms with Gasteiger partial charge < -0.3 is 20.1 Å². The van der Waals surface area contributed by atoms with Crippen LogP contribution in [0.4, 0.5) is 17.1 Å². The van der Waals surface area contributed by atoms with Crippen molar-refractivity contribution in [1.82, 2.24) is 0 Å². The summed E-state index contributed by atoms with van der Waals surface area (Å²) in [6, 6.07) is 24.3. The van der Waals surface area contributed by atoms with Gasteiger partial charge in [0.25, 0.3) is 21.8 Å². The molecule has 3 N–H and O–H groups in total. The Morgan fingerprint density at radius 3 is 1.97 bits per heavy atom. The van der Waals surface area contributed by atoms with E-state index in [0.29, 0.717) is 34.0 Å². The van der Waals surface area contributed by atoms with Crippen molar-refractivity contribution in [2.24, 2.45) is 0 Å². The lowest BCUT2D eigenvalue weighted by Crippen LogP contribution is -2.17. The van der Waals surface area contributed by atoms with Gasteiger partial charge in [-0.25, -0.2) is 8.42 Å². The maximum atomic E-state index is 13.0. The van der Waals surface area contributed by atoms with Gasteiger partial charge in [-0.1, -0.05) is 18.2 Å². The monoisotopic (exact) mass is 545 g/mol. The molecular formula is C29H27N3O6S. The Labute approximate surface area is 226 Å². The first-order chi connectivity index (χ1) is 18.7. The summed E-state index contributed by atoms with van der Waals surface area (Å²) < 4.78 is 38.9. The van der Waals surface area contributed by atoms with Crippen molar-refractivity contribution in [2.45, 2.75) is 11.8 Å². The van der Waals surface area contributed by atoms with E-state index in [4.69, 9.17) is 9.47 Å². The second-order valence-corrected chi connectivity index (χ2v) is 10.2. The Kier molecular flexibility index (Phi) is 8.16. The number of anilines is 3. The average Bonchev–Trinajstić information content (AvgIpc) is 2.94. The number of sulfonamides is 1. The standard InChI is InChI=1S/C29H27N3O6S/c1-19-8-17-24(39(35,36)32-26-6-4-5-7-27(26)38-3)18-25(19)29(34)31-21-11-9-20(10-12-21)28(33)30-22-13-15-23(37-2)16-14-22/h4-18,32H,1-3H3,(H,30,33)(H,31,34). The zero-order valence-electron chi connectivity index (χ0n) is 21.5. The summed E-state index contributed by atoms with van der Waals surface area (Å²) in [6.07, 6.45) is 0. The zero-order valence-corrected chi connectivity index (χ0v) is 22.3. The van der Waals surface area contributed by atoms with Crippen LogP contribution < -0.4 is 24.8 Å². The quantitative estimate of drug-likeness (QED) is 0.262. The largest absolute Gasteiger partial charge is 0.497 e. The molecule has 0 aliphatic rings. The molecule has 10 heteroatoms. The number of benzene rings is 4. The number of carbonyl (C=O) groups excluding carboxylic acids is 2. The van der Waals surface area contributed by atoms with Crippen LogP contribution in [0.3, 0.4) is 0 Å². The molecule has 0 saturated carbocycles. The molecule has 4 rings (SSSR count). The number of aryl methyl sites for hydroxylation is 1. The smallest absolute Gasteiger partial charge is 0.262 e. The van der Waals surface area contributed by atoms with E-state index in [9.17, 15) is 18.0 Å². The molecule has 200 valence electrons. The predicted molar refractivity (Wildman–Crippen MR) is 150 cm³/mol. The van der Waals surface area contributed by atoms with Gasteiger partial charge in [-0.05, 0) is 85.3 Å². The molecule has 0 spiro atoms. The fraction of sp³-hybridized carbons (Fsp3) is 0.103. The number of ether oxygens (including phenoxy) is 2. The van der Waals surface area contributed by atoms with E-state index in [1.807, 2.05) is 0 Å². The van der Waals surface area contributed by atoms with E-state index < -0.39 is 15.9 Å². The lowest BCUT2D eigenvalue weighted by Gasteiger charge is -2.13. The number of rotatable bonds is 9. The Hall–Kier alpha value is -4.83. The van der Waals surface area contributed by atoms with Gasteiger partial charge in [0.15, 0.2) is 0 Å². The van der Waals surface area contributed by atoms with Gasteiger partial charge >= 0.3 is 0 Å². The first-order valence-corrected chi connectivity index (χ1v) is 13.3. The molecule has 0 aliphatic heterocycles. The first kappa shape index (κ1) is 27.2. The Balaban J connectivity index is 1.46. The fourth-order valence-corrected chi connectivity index (χ4v) is 4.82. The third-order valence-electron chi connectivity index (χ3n) is 5.87. The lowest BCUT2D eigenvalue weighted by atomic mass is 10.1. The molecule has 0 radical (unpaired) electrons. The number of hydrogen-bond acceptors (Lipinski definition) is 6. The Bertz CT molecular complexity index is 1600. The minimum atomic E-state index is -4.00. The van der Waals surface area contributed by atoms with Crippen LogP contribution in [0.5, 0.6) is 11.5 Å². The summed E-state index contributed by atoms with van der Waals surface area (Å²) in [5, 5.41) is 5.55. The molecule has 0 saturated heterocycles. The van der Waals surface area contributed by atoms with Gasteiger partial charge in [0, 0.05) is 22.5 Å². The van der Waals surface area contributed by atoms with Crippen molar-refractivity contribution in [1.29, 1.82) is 0 Å². The van der Waals surface area contributed by atoms with Crippen LogP contribution in [0.25, 0.3) is 0 Å². The van der Waals surface area contributed by atoms with E-state index in [0.717, 1.165) is 0 Å². The van der Waals surface area contributed by atoms with Crippen LogP contribution in [0.1, 0.15) is 26.3 Å². The number of carbonyl (C=O) groups is 2. The molecule has 0 aliphatic carbocycles. The number of methoxy groups -OCH3 is 2. The van der Waals surface area contributed by atoms with E-state index in [1.54, 1.807) is 92.9 Å². The highest BCUT2D eigenvalue weighted by Crippen LogP contribution is 2.27. The van der Waals surface area contributed by atoms with Crippen molar-refractivity contribution in [2.75, 3.05) is 29.6 Å². The third kappa shape index (κ3) is 6.55. The SMILES string of the molecule is COc1ccc(NC(=O)c2ccc(NC(=O)c3cc(S(=O)(=O)Nc4ccccc4OC)ccc3C)cc2)cc1. The van der Waals surface area contributed by atoms with Gasteiger partial charge in [0.05, 0.1) is 24.8 Å². The molecule has 2 amide bonds. The average molecular weight is 546 g/mol. The molecule has 0 atom stereocenters. The van der Waals surface area contributed by atoms with Crippen LogP contribution >= 0.6 is 0 Å². The highest BCUT2D eigenvalue weighted by Gasteiger charge is 2.20. The normalized spacial score (nSPS) is 10.8. The van der Waals surface area contributed by atoms with Crippen molar-refractivity contribution < 1.29 is 27.5 Å². The van der Waals surface area contributed by atoms with Crippen molar-refractivity contribution in [3.05, 3.63) is 108 Å². The van der Waals surface area contributed by atoms with Crippen molar-refractivity contribution in [3.63, 3.8) is 0 Å². The number of hydrogen-bond donors (Lipinski definition) is 3. The molecule has 9 nitrogen and oxygen atoms in total. The summed E-state index contributed by atoms with van der Waals surface area (Å²) in [4.78, 5) is 25.5. The minimum Gasteiger partial charge on any atom is -0.497 e. The van der Waals surface area contributed by atoms with Crippen LogP contribution in [0.2, 0.25) is 0 Å². The Morgan fingerprint density at radius 2 is 1.33 bits per heavy atom. The maximum absolute atomic E-state index is 13.0. The number of para-hydroxylation sites is 2. The molecule has 0 fully saturated rings. The van der Waals surface area contributed by atoms with Crippen molar-refractivity contribution in [3.8, 4) is 11.5 Å². The fourth-order valence-electron chi connectivity index (χ4n) is 3.73. The first-order valence-electron chi connectivity index (χ1n) is 11.8. The van der Waals surface area contributed by atoms with Crippen molar-refractivity contribution >= 4 is 38.9 Å². The van der Waals surface area contributed by atoms with E-state index in [-0.39, 0.29) is 22.1 Å². The summed E-state index contributed by atoms with van der Waals surface area (Å²) in [5.41, 5.74) is 2.53. The minimum absolute atomic E-state index is 0.0743. The summed E-state index contributed by atoms with van der Waals surface area (Å²) in [5.74, 6) is 0.248. The molecular weight excluding hydrogens is 518 g/mol. The summed E-state index contributed by atoms with van der Waals surface area (Å²) in [7, 11) is -0.988. The molecule has 4 aromatic rings. The summed E-state index contributed by atoms with van der Waals surface area (Å²) in [6.45, 7) is 1.71. The van der Waals surface area contributed by atoms with E-state index in [2.05, 4.69) is 15.4 Å². The molecule has 0 unspecified atom stereocenters. The van der Waals surface area contributed by atoms with E-state index >= 15 is 0 Å². The highest BCUT2D eigenvalue weighted by atomic mass is 32.2. The van der Waals surface area contributed by atoms with Crippen LogP contribution in [-0.4, -0.2) is 34.5 Å². The molecule has 0 heterocycles. The van der Waals surface area contributed by atoms with Crippen LogP contribution in [-0.2, 0) is 10.0 Å². The molecule has 0 aromatic heterocycles. The van der Waals surface area contributed by atoms with Gasteiger partial charge in [0.2, 0.25) is 0 Å². The van der Waals surface area contributed by atoms with Gasteiger partial charge in [-0.2, -0.15) is 0 Å². The van der Waals surface area contributed by atoms with Gasteiger partial charge in [0.1, 0.15) is 11.5 Å². The lowest BCUT2D eigenvalue weighted by molar-refractivity contribution is 0.101. The third-order valence-corrected chi connectivity index (χ3v) is 7.23. The second kappa shape index (κ2) is 11.7. The zero-order chi connectivity index (χ0) is 28.0. The van der Waals surface area contributed by atoms with Gasteiger partial charge in [-0.3, -0.25) is 14.3 Å². The molecule has 4 aromatic carbocycles. The van der Waals surface area contributed by atoms with E-state index in [1.165, 1.54) is 19.2 Å². The second-order valence-electron chi connectivity index (χ2n) is 8.50. The molecule has 39 heavy (non-hydrogen) atoms. The number of nitrogens with one attached hydrogen (secondary N) is 3. The Morgan fingerprint density at radius 1 is 0.718 bits per heavy atom. The van der Waals surface area contributed by atoms with Gasteiger partial charge in [-0.15, -0.1) is 0 Å². The maximum Gasteiger partial charge on any atom is 0.262 e. The predicted octanol–water partition coefficient (Wildman–Crippen LogP) is 5.32. The van der Waals surface area contributed by atoms with Crippen LogP contribution in [0, 0.1) is 6.92 Å².